The van der Waals surface area contributed by atoms with Crippen LogP contribution in [0.2, 0.25) is 0 Å². The summed E-state index contributed by atoms with van der Waals surface area (Å²) in [5.74, 6) is 0. The van der Waals surface area contributed by atoms with Crippen LogP contribution < -0.4 is 0 Å². The lowest BCUT2D eigenvalue weighted by molar-refractivity contribution is 1.03. The molecule has 0 amide bonds. The summed E-state index contributed by atoms with van der Waals surface area (Å²) in [6, 6.07) is 0. The first-order valence-corrected chi connectivity index (χ1v) is 3.09. The van der Waals surface area contributed by atoms with E-state index in [4.69, 9.17) is 0 Å². The van der Waals surface area contributed by atoms with Gasteiger partial charge in [0.2, 0.25) is 0 Å². The zero-order valence-electron chi connectivity index (χ0n) is 4.22. The van der Waals surface area contributed by atoms with Gasteiger partial charge in [-0.05, 0) is 18.2 Å². The zero-order chi connectivity index (χ0) is 5.11. The summed E-state index contributed by atoms with van der Waals surface area (Å²) < 4.78 is 0. The minimum Gasteiger partial charge on any atom is -0.106 e. The molecule has 0 fully saturated rings. The summed E-state index contributed by atoms with van der Waals surface area (Å²) >= 11 is 0. The molecule has 0 saturated heterocycles. The maximum atomic E-state index is 2.68. The molecule has 1 aliphatic rings. The van der Waals surface area contributed by atoms with Crippen molar-refractivity contribution >= 4 is 9.24 Å². The van der Waals surface area contributed by atoms with Crippen molar-refractivity contribution in [3.05, 3.63) is 23.5 Å². The molecular weight excluding hydrogens is 103 g/mol. The standard InChI is InChI=1S/C6H9P/c7-6-4-2-1-3-5-6/h2,4-5H,1,3,7H2. The lowest BCUT2D eigenvalue weighted by Gasteiger charge is -1.96. The van der Waals surface area contributed by atoms with E-state index < -0.39 is 0 Å². The Balaban J connectivity index is 2.58. The molecule has 0 saturated carbocycles. The second kappa shape index (κ2) is 2.28. The fourth-order valence-corrected chi connectivity index (χ4v) is 0.936. The van der Waals surface area contributed by atoms with Gasteiger partial charge in [0.05, 0.1) is 0 Å². The van der Waals surface area contributed by atoms with Crippen LogP contribution in [0.1, 0.15) is 12.8 Å². The first kappa shape index (κ1) is 5.05. The van der Waals surface area contributed by atoms with Crippen LogP contribution in [0.3, 0.4) is 0 Å². The lowest BCUT2D eigenvalue weighted by Crippen LogP contribution is -1.73. The Morgan fingerprint density at radius 1 is 1.43 bits per heavy atom. The molecule has 0 spiro atoms. The SMILES string of the molecule is PC1=CCCC=C1. The molecule has 0 bridgehead atoms. The van der Waals surface area contributed by atoms with Crippen LogP contribution >= 0.6 is 9.24 Å². The van der Waals surface area contributed by atoms with Crippen LogP contribution in [0.25, 0.3) is 0 Å². The molecule has 7 heavy (non-hydrogen) atoms. The van der Waals surface area contributed by atoms with Crippen molar-refractivity contribution in [2.45, 2.75) is 12.8 Å². The highest BCUT2D eigenvalue weighted by atomic mass is 31.0. The van der Waals surface area contributed by atoms with Crippen LogP contribution in [-0.2, 0) is 0 Å². The number of hydrogen-bond acceptors (Lipinski definition) is 0. The van der Waals surface area contributed by atoms with Gasteiger partial charge in [-0.3, -0.25) is 0 Å². The van der Waals surface area contributed by atoms with Crippen molar-refractivity contribution in [3.63, 3.8) is 0 Å². The third-order valence-corrected chi connectivity index (χ3v) is 1.45. The maximum absolute atomic E-state index is 2.68. The minimum atomic E-state index is 1.22. The number of rotatable bonds is 0. The third-order valence-electron chi connectivity index (χ3n) is 1.02. The van der Waals surface area contributed by atoms with E-state index in [0.29, 0.717) is 0 Å². The average molecular weight is 112 g/mol. The smallest absolute Gasteiger partial charge is 0.0307 e. The van der Waals surface area contributed by atoms with E-state index in [9.17, 15) is 0 Å². The summed E-state index contributed by atoms with van der Waals surface area (Å²) in [4.78, 5) is 0. The van der Waals surface area contributed by atoms with Crippen LogP contribution in [0, 0.1) is 0 Å². The first-order valence-electron chi connectivity index (χ1n) is 2.52. The molecule has 0 aliphatic heterocycles. The molecule has 0 heterocycles. The highest BCUT2D eigenvalue weighted by Gasteiger charge is 1.86. The monoisotopic (exact) mass is 112 g/mol. The van der Waals surface area contributed by atoms with Crippen LogP contribution in [0.5, 0.6) is 0 Å². The molecule has 38 valence electrons. The maximum Gasteiger partial charge on any atom is -0.0307 e. The zero-order valence-corrected chi connectivity index (χ0v) is 5.38. The lowest BCUT2D eigenvalue weighted by atomic mass is 10.2. The van der Waals surface area contributed by atoms with Gasteiger partial charge < -0.3 is 0 Å². The topological polar surface area (TPSA) is 0 Å². The van der Waals surface area contributed by atoms with Gasteiger partial charge in [0.25, 0.3) is 0 Å². The van der Waals surface area contributed by atoms with Gasteiger partial charge in [0.1, 0.15) is 0 Å². The van der Waals surface area contributed by atoms with Crippen molar-refractivity contribution in [3.8, 4) is 0 Å². The molecule has 1 unspecified atom stereocenters. The number of hydrogen-bond donors (Lipinski definition) is 0. The van der Waals surface area contributed by atoms with Crippen LogP contribution in [0.4, 0.5) is 0 Å². The Hall–Kier alpha value is -0.0900. The summed E-state index contributed by atoms with van der Waals surface area (Å²) in [5.41, 5.74) is 0. The Labute approximate surface area is 46.5 Å². The summed E-state index contributed by atoms with van der Waals surface area (Å²) in [5, 5.41) is 1.33. The highest BCUT2D eigenvalue weighted by molar-refractivity contribution is 7.22. The van der Waals surface area contributed by atoms with Gasteiger partial charge in [-0.25, -0.2) is 0 Å². The second-order valence-corrected chi connectivity index (χ2v) is 2.35. The molecule has 1 rings (SSSR count). The van der Waals surface area contributed by atoms with E-state index >= 15 is 0 Å². The molecule has 0 nitrogen and oxygen atoms in total. The second-order valence-electron chi connectivity index (χ2n) is 1.68. The van der Waals surface area contributed by atoms with Gasteiger partial charge in [-0.1, -0.05) is 18.2 Å². The molecule has 0 aromatic heterocycles. The Bertz CT molecular complexity index is 111. The molecule has 0 radical (unpaired) electrons. The van der Waals surface area contributed by atoms with Gasteiger partial charge >= 0.3 is 0 Å². The Morgan fingerprint density at radius 3 is 2.57 bits per heavy atom. The fraction of sp³-hybridized carbons (Fsp3) is 0.333. The van der Waals surface area contributed by atoms with E-state index in [0.717, 1.165) is 0 Å². The van der Waals surface area contributed by atoms with E-state index in [-0.39, 0.29) is 0 Å². The van der Waals surface area contributed by atoms with Gasteiger partial charge in [0, 0.05) is 0 Å². The van der Waals surface area contributed by atoms with Gasteiger partial charge in [0.15, 0.2) is 0 Å². The predicted octanol–water partition coefficient (Wildman–Crippen LogP) is 2.10. The molecular formula is C6H9P. The molecule has 1 aliphatic carbocycles. The molecule has 0 aromatic carbocycles. The van der Waals surface area contributed by atoms with Crippen molar-refractivity contribution in [1.29, 1.82) is 0 Å². The summed E-state index contributed by atoms with van der Waals surface area (Å²) in [7, 11) is 2.68. The predicted molar refractivity (Wildman–Crippen MR) is 36.2 cm³/mol. The minimum absolute atomic E-state index is 1.22. The molecule has 1 atom stereocenters. The third kappa shape index (κ3) is 1.44. The van der Waals surface area contributed by atoms with Gasteiger partial charge in [-0.15, -0.1) is 9.24 Å². The average Bonchev–Trinajstić information content (AvgIpc) is 1.69. The quantitative estimate of drug-likeness (QED) is 0.421. The van der Waals surface area contributed by atoms with E-state index in [1.54, 1.807) is 0 Å². The van der Waals surface area contributed by atoms with E-state index in [1.165, 1.54) is 18.2 Å². The molecule has 0 aromatic rings. The number of allylic oxidation sites excluding steroid dienone is 4. The van der Waals surface area contributed by atoms with E-state index in [2.05, 4.69) is 27.5 Å². The fourth-order valence-electron chi connectivity index (χ4n) is 0.634. The summed E-state index contributed by atoms with van der Waals surface area (Å²) in [6.45, 7) is 0. The van der Waals surface area contributed by atoms with Crippen molar-refractivity contribution < 1.29 is 0 Å². The first-order chi connectivity index (χ1) is 3.39. The summed E-state index contributed by atoms with van der Waals surface area (Å²) in [6.07, 6.45) is 8.99. The largest absolute Gasteiger partial charge is 0.106 e. The Morgan fingerprint density at radius 2 is 2.29 bits per heavy atom. The molecule has 0 N–H and O–H groups in total. The van der Waals surface area contributed by atoms with Crippen molar-refractivity contribution in [2.75, 3.05) is 0 Å². The van der Waals surface area contributed by atoms with Crippen LogP contribution in [-0.4, -0.2) is 0 Å². The highest BCUT2D eigenvalue weighted by Crippen LogP contribution is 2.14. The van der Waals surface area contributed by atoms with Crippen LogP contribution in [0.15, 0.2) is 23.5 Å². The normalized spacial score (nSPS) is 19.3. The van der Waals surface area contributed by atoms with E-state index in [1.807, 2.05) is 0 Å². The Kier molecular flexibility index (Phi) is 1.64. The van der Waals surface area contributed by atoms with Crippen molar-refractivity contribution in [2.24, 2.45) is 0 Å². The van der Waals surface area contributed by atoms with Gasteiger partial charge in [-0.2, -0.15) is 0 Å². The molecule has 1 heteroatoms. The van der Waals surface area contributed by atoms with Crippen molar-refractivity contribution in [1.82, 2.24) is 0 Å².